The third kappa shape index (κ3) is 5.28. The summed E-state index contributed by atoms with van der Waals surface area (Å²) in [6, 6.07) is 0. The quantitative estimate of drug-likeness (QED) is 0.217. The van der Waals surface area contributed by atoms with Crippen molar-refractivity contribution in [3.05, 3.63) is 34.9 Å². The molecule has 0 aromatic rings. The van der Waals surface area contributed by atoms with Gasteiger partial charge in [-0.1, -0.05) is 12.2 Å². The normalized spacial score (nSPS) is 15.8. The van der Waals surface area contributed by atoms with Crippen LogP contribution in [-0.2, 0) is 14.4 Å². The van der Waals surface area contributed by atoms with Gasteiger partial charge in [-0.15, -0.1) is 0 Å². The zero-order valence-electron chi connectivity index (χ0n) is 12.4. The molecular weight excluding hydrogens is 328 g/mol. The second kappa shape index (κ2) is 9.57. The van der Waals surface area contributed by atoms with Crippen LogP contribution in [-0.4, -0.2) is 80.1 Å². The molecule has 0 aliphatic carbocycles. The van der Waals surface area contributed by atoms with Gasteiger partial charge in [0.05, 0.1) is 43.0 Å². The molecule has 0 heterocycles. The molecule has 0 amide bonds. The Morgan fingerprint density at radius 3 is 1.71 bits per heavy atom. The molecule has 0 aromatic carbocycles. The van der Waals surface area contributed by atoms with Gasteiger partial charge in [0.25, 0.3) is 0 Å². The average molecular weight is 346 g/mol. The summed E-state index contributed by atoms with van der Waals surface area (Å²) >= 11 is 0. The Balaban J connectivity index is 6.75. The highest BCUT2D eigenvalue weighted by Gasteiger charge is 2.34. The molecule has 24 heavy (non-hydrogen) atoms. The van der Waals surface area contributed by atoms with Crippen molar-refractivity contribution in [2.45, 2.75) is 0 Å². The fraction of sp³-hybridized carbons (Fsp3) is 0.357. The van der Waals surface area contributed by atoms with Crippen LogP contribution >= 0.6 is 0 Å². The molecule has 0 spiro atoms. The van der Waals surface area contributed by atoms with Crippen LogP contribution in [0, 0.1) is 5.41 Å². The monoisotopic (exact) mass is 346 g/mol. The molecule has 0 saturated heterocycles. The molecule has 10 nitrogen and oxygen atoms in total. The maximum absolute atomic E-state index is 11.2. The van der Waals surface area contributed by atoms with Crippen LogP contribution in [0.2, 0.25) is 0 Å². The molecule has 0 radical (unpaired) electrons. The number of hydrogen-bond donors (Lipinski definition) is 7. The number of carboxylic acids is 3. The predicted molar refractivity (Wildman–Crippen MR) is 77.9 cm³/mol. The van der Waals surface area contributed by atoms with E-state index in [1.165, 1.54) is 0 Å². The van der Waals surface area contributed by atoms with E-state index in [4.69, 9.17) is 20.4 Å². The van der Waals surface area contributed by atoms with E-state index in [9.17, 15) is 29.7 Å². The molecule has 0 rings (SSSR count). The summed E-state index contributed by atoms with van der Waals surface area (Å²) in [5.74, 6) is -4.74. The Morgan fingerprint density at radius 1 is 0.833 bits per heavy atom. The summed E-state index contributed by atoms with van der Waals surface area (Å²) < 4.78 is 0. The van der Waals surface area contributed by atoms with Gasteiger partial charge in [0.15, 0.2) is 0 Å². The number of hydrogen-bond acceptors (Lipinski definition) is 7. The summed E-state index contributed by atoms with van der Waals surface area (Å²) in [7, 11) is 0. The fourth-order valence-electron chi connectivity index (χ4n) is 1.95. The van der Waals surface area contributed by atoms with E-state index in [-0.39, 0.29) is 0 Å². The molecule has 0 aliphatic rings. The highest BCUT2D eigenvalue weighted by atomic mass is 16.4. The summed E-state index contributed by atoms with van der Waals surface area (Å²) in [5.41, 5.74) is -4.02. The van der Waals surface area contributed by atoms with Gasteiger partial charge in [-0.05, 0) is 5.57 Å². The molecule has 134 valence electrons. The molecule has 0 aromatic heterocycles. The average Bonchev–Trinajstić information content (AvgIpc) is 2.52. The van der Waals surface area contributed by atoms with E-state index in [0.29, 0.717) is 6.08 Å². The summed E-state index contributed by atoms with van der Waals surface area (Å²) in [6.45, 7) is -4.12. The lowest BCUT2D eigenvalue weighted by Gasteiger charge is -2.29. The molecule has 0 bridgehead atoms. The van der Waals surface area contributed by atoms with Crippen LogP contribution in [0.1, 0.15) is 0 Å². The van der Waals surface area contributed by atoms with Gasteiger partial charge in [-0.25, -0.2) is 14.4 Å². The van der Waals surface area contributed by atoms with E-state index >= 15 is 0 Å². The number of carbonyl (C=O) groups is 3. The van der Waals surface area contributed by atoms with E-state index in [1.807, 2.05) is 0 Å². The van der Waals surface area contributed by atoms with E-state index in [2.05, 4.69) is 0 Å². The topological polar surface area (TPSA) is 193 Å². The van der Waals surface area contributed by atoms with E-state index < -0.39 is 66.5 Å². The highest BCUT2D eigenvalue weighted by molar-refractivity contribution is 5.90. The highest BCUT2D eigenvalue weighted by Crippen LogP contribution is 2.34. The van der Waals surface area contributed by atoms with Crippen LogP contribution in [0.3, 0.4) is 0 Å². The SMILES string of the molecule is O=C(O)C=CC(C=C(CO)C(=O)O)(CO)C(CO)=C(CO)C(=O)O. The van der Waals surface area contributed by atoms with Crippen LogP contribution in [0.5, 0.6) is 0 Å². The van der Waals surface area contributed by atoms with Crippen molar-refractivity contribution >= 4 is 17.9 Å². The smallest absolute Gasteiger partial charge is 0.334 e. The lowest BCUT2D eigenvalue weighted by Crippen LogP contribution is -2.31. The van der Waals surface area contributed by atoms with Crippen LogP contribution in [0.25, 0.3) is 0 Å². The second-order valence-corrected chi connectivity index (χ2v) is 4.58. The molecule has 0 fully saturated rings. The van der Waals surface area contributed by atoms with Crippen molar-refractivity contribution < 1.29 is 50.1 Å². The van der Waals surface area contributed by atoms with Crippen LogP contribution in [0.4, 0.5) is 0 Å². The van der Waals surface area contributed by atoms with Crippen molar-refractivity contribution in [1.29, 1.82) is 0 Å². The van der Waals surface area contributed by atoms with Crippen molar-refractivity contribution in [2.75, 3.05) is 26.4 Å². The van der Waals surface area contributed by atoms with Gasteiger partial charge in [-0.3, -0.25) is 0 Å². The largest absolute Gasteiger partial charge is 0.478 e. The lowest BCUT2D eigenvalue weighted by atomic mass is 9.76. The number of rotatable bonds is 10. The van der Waals surface area contributed by atoms with E-state index in [1.54, 1.807) is 0 Å². The minimum Gasteiger partial charge on any atom is -0.478 e. The van der Waals surface area contributed by atoms with Gasteiger partial charge in [0.1, 0.15) is 0 Å². The van der Waals surface area contributed by atoms with Gasteiger partial charge in [0.2, 0.25) is 0 Å². The van der Waals surface area contributed by atoms with Gasteiger partial charge < -0.3 is 35.7 Å². The molecule has 0 saturated carbocycles. The second-order valence-electron chi connectivity index (χ2n) is 4.58. The minimum atomic E-state index is -2.07. The van der Waals surface area contributed by atoms with Gasteiger partial charge in [0, 0.05) is 6.08 Å². The summed E-state index contributed by atoms with van der Waals surface area (Å²) in [5, 5.41) is 64.2. The Hall–Kier alpha value is -2.53. The van der Waals surface area contributed by atoms with Crippen molar-refractivity contribution in [2.24, 2.45) is 5.41 Å². The Labute approximate surface area is 135 Å². The zero-order valence-corrected chi connectivity index (χ0v) is 12.4. The van der Waals surface area contributed by atoms with Crippen molar-refractivity contribution in [3.63, 3.8) is 0 Å². The van der Waals surface area contributed by atoms with Crippen LogP contribution in [0.15, 0.2) is 34.9 Å². The first-order valence-corrected chi connectivity index (χ1v) is 6.45. The Kier molecular flexibility index (Phi) is 8.56. The third-order valence-electron chi connectivity index (χ3n) is 3.16. The van der Waals surface area contributed by atoms with Gasteiger partial charge >= 0.3 is 17.9 Å². The molecule has 1 atom stereocenters. The number of aliphatic hydroxyl groups is 4. The van der Waals surface area contributed by atoms with Crippen molar-refractivity contribution in [1.82, 2.24) is 0 Å². The predicted octanol–water partition coefficient (Wildman–Crippen LogP) is -2.02. The minimum absolute atomic E-state index is 0.510. The first kappa shape index (κ1) is 21.5. The first-order valence-electron chi connectivity index (χ1n) is 6.45. The van der Waals surface area contributed by atoms with E-state index in [0.717, 1.165) is 12.2 Å². The molecule has 7 N–H and O–H groups in total. The maximum Gasteiger partial charge on any atom is 0.334 e. The van der Waals surface area contributed by atoms with Crippen LogP contribution < -0.4 is 0 Å². The maximum atomic E-state index is 11.2. The van der Waals surface area contributed by atoms with Crippen molar-refractivity contribution in [3.8, 4) is 0 Å². The number of carboxylic acid groups (broad SMARTS) is 3. The fourth-order valence-corrected chi connectivity index (χ4v) is 1.95. The number of aliphatic carboxylic acids is 3. The zero-order chi connectivity index (χ0) is 18.9. The summed E-state index contributed by atoms with van der Waals surface area (Å²) in [4.78, 5) is 33.0. The third-order valence-corrected chi connectivity index (χ3v) is 3.16. The van der Waals surface area contributed by atoms with Gasteiger partial charge in [-0.2, -0.15) is 0 Å². The molecular formula is C14H18O10. The molecule has 10 heteroatoms. The summed E-state index contributed by atoms with van der Waals surface area (Å²) in [6.07, 6.45) is 1.99. The Morgan fingerprint density at radius 2 is 1.42 bits per heavy atom. The molecule has 1 unspecified atom stereocenters. The lowest BCUT2D eigenvalue weighted by molar-refractivity contribution is -0.134. The standard InChI is InChI=1S/C14H18O10/c15-4-8(12(21)22)3-14(7-18,2-1-11(19)20)10(6-17)9(5-16)13(23)24/h1-3,15-18H,4-7H2,(H,19,20)(H,21,22)(H,23,24). The molecule has 0 aliphatic heterocycles. The Bertz CT molecular complexity index is 586. The first-order chi connectivity index (χ1) is 11.2. The number of aliphatic hydroxyl groups excluding tert-OH is 4.